The lowest BCUT2D eigenvalue weighted by molar-refractivity contribution is -0.138. The van der Waals surface area contributed by atoms with Gasteiger partial charge in [-0.25, -0.2) is 14.8 Å². The summed E-state index contributed by atoms with van der Waals surface area (Å²) in [4.78, 5) is 62.7. The highest BCUT2D eigenvalue weighted by molar-refractivity contribution is 5.97. The third-order valence-corrected chi connectivity index (χ3v) is 6.74. The topological polar surface area (TPSA) is 151 Å². The lowest BCUT2D eigenvalue weighted by Crippen LogP contribution is -2.56. The summed E-state index contributed by atoms with van der Waals surface area (Å²) in [5.41, 5.74) is 1.77. The number of carboxylic acids is 1. The molecule has 3 amide bonds. The Balaban J connectivity index is 1.61. The summed E-state index contributed by atoms with van der Waals surface area (Å²) in [6.45, 7) is 2.93. The molecule has 0 saturated carbocycles. The van der Waals surface area contributed by atoms with Crippen molar-refractivity contribution in [1.29, 1.82) is 0 Å². The summed E-state index contributed by atoms with van der Waals surface area (Å²) in [5.74, 6) is -1.33. The molecule has 42 heavy (non-hydrogen) atoms. The fourth-order valence-corrected chi connectivity index (χ4v) is 4.58. The third-order valence-electron chi connectivity index (χ3n) is 6.74. The summed E-state index contributed by atoms with van der Waals surface area (Å²) in [5, 5.41) is 12.0. The molecule has 2 aromatic carbocycles. The van der Waals surface area contributed by atoms with Crippen LogP contribution in [0.25, 0.3) is 22.6 Å². The van der Waals surface area contributed by atoms with Gasteiger partial charge < -0.3 is 29.7 Å². The molecular formula is C30H33N5O7. The van der Waals surface area contributed by atoms with E-state index in [1.54, 1.807) is 13.0 Å². The molecule has 0 spiro atoms. The van der Waals surface area contributed by atoms with E-state index in [0.717, 1.165) is 0 Å². The summed E-state index contributed by atoms with van der Waals surface area (Å²) in [6, 6.07) is 16.8. The highest BCUT2D eigenvalue weighted by atomic mass is 16.6. The van der Waals surface area contributed by atoms with Crippen LogP contribution in [0.4, 0.5) is 4.79 Å². The quantitative estimate of drug-likeness (QED) is 0.372. The zero-order valence-corrected chi connectivity index (χ0v) is 23.5. The van der Waals surface area contributed by atoms with Gasteiger partial charge in [0.05, 0.1) is 19.4 Å². The van der Waals surface area contributed by atoms with Crippen LogP contribution in [-0.2, 0) is 14.3 Å². The Morgan fingerprint density at radius 1 is 0.952 bits per heavy atom. The molecule has 1 atom stereocenters. The zero-order valence-electron chi connectivity index (χ0n) is 23.5. The number of hydrogen-bond acceptors (Lipinski definition) is 8. The molecule has 2 heterocycles. The van der Waals surface area contributed by atoms with Crippen molar-refractivity contribution < 1.29 is 33.8 Å². The Labute approximate surface area is 243 Å². The van der Waals surface area contributed by atoms with Crippen molar-refractivity contribution in [2.45, 2.75) is 25.8 Å². The number of carbonyl (C=O) groups is 4. The van der Waals surface area contributed by atoms with Crippen LogP contribution in [0.15, 0.2) is 60.7 Å². The molecule has 2 N–H and O–H groups in total. The highest BCUT2D eigenvalue weighted by Gasteiger charge is 2.31. The number of methoxy groups -OCH3 is 1. The van der Waals surface area contributed by atoms with Crippen LogP contribution in [0.5, 0.6) is 5.75 Å². The number of aromatic nitrogens is 2. The largest absolute Gasteiger partial charge is 0.496 e. The monoisotopic (exact) mass is 575 g/mol. The second-order valence-corrected chi connectivity index (χ2v) is 9.50. The van der Waals surface area contributed by atoms with E-state index in [2.05, 4.69) is 15.3 Å². The molecule has 0 bridgehead atoms. The van der Waals surface area contributed by atoms with Crippen molar-refractivity contribution in [1.82, 2.24) is 25.1 Å². The number of carbonyl (C=O) groups excluding carboxylic acids is 3. The van der Waals surface area contributed by atoms with Gasteiger partial charge in [0.2, 0.25) is 5.91 Å². The van der Waals surface area contributed by atoms with Gasteiger partial charge >= 0.3 is 12.1 Å². The van der Waals surface area contributed by atoms with Gasteiger partial charge in [0.25, 0.3) is 5.91 Å². The number of hydrogen-bond donors (Lipinski definition) is 2. The minimum atomic E-state index is -1.12. The first-order valence-electron chi connectivity index (χ1n) is 13.6. The van der Waals surface area contributed by atoms with Crippen LogP contribution in [-0.4, -0.2) is 94.7 Å². The molecule has 220 valence electrons. The smallest absolute Gasteiger partial charge is 0.409 e. The van der Waals surface area contributed by atoms with Crippen LogP contribution >= 0.6 is 0 Å². The molecular weight excluding hydrogens is 542 g/mol. The number of para-hydroxylation sites is 1. The maximum Gasteiger partial charge on any atom is 0.409 e. The van der Waals surface area contributed by atoms with Gasteiger partial charge in [0.1, 0.15) is 17.5 Å². The van der Waals surface area contributed by atoms with Crippen LogP contribution in [0, 0.1) is 0 Å². The molecule has 1 saturated heterocycles. The standard InChI is InChI=1S/C30H33N5O7/c1-3-42-30(40)35-17-15-34(16-18-35)29(39)22(13-14-26(36)37)33-28(38)24-19-23(21-11-7-8-12-25(21)41-2)31-27(32-24)20-9-5-4-6-10-20/h4-12,19,22H,3,13-18H2,1-2H3,(H,33,38)(H,36,37). The van der Waals surface area contributed by atoms with Crippen molar-refractivity contribution in [3.63, 3.8) is 0 Å². The van der Waals surface area contributed by atoms with E-state index in [1.807, 2.05) is 48.5 Å². The van der Waals surface area contributed by atoms with Crippen molar-refractivity contribution in [2.75, 3.05) is 39.9 Å². The van der Waals surface area contributed by atoms with Crippen LogP contribution < -0.4 is 10.1 Å². The summed E-state index contributed by atoms with van der Waals surface area (Å²) < 4.78 is 10.5. The summed E-state index contributed by atoms with van der Waals surface area (Å²) in [7, 11) is 1.54. The third kappa shape index (κ3) is 7.39. The molecule has 3 aromatic rings. The SMILES string of the molecule is CCOC(=O)N1CCN(C(=O)C(CCC(=O)O)NC(=O)c2cc(-c3ccccc3OC)nc(-c3ccccc3)n2)CC1. The van der Waals surface area contributed by atoms with E-state index in [0.29, 0.717) is 28.4 Å². The molecule has 4 rings (SSSR count). The van der Waals surface area contributed by atoms with E-state index in [9.17, 15) is 24.3 Å². The molecule has 1 fully saturated rings. The lowest BCUT2D eigenvalue weighted by atomic mass is 10.1. The first kappa shape index (κ1) is 30.0. The van der Waals surface area contributed by atoms with Gasteiger partial charge in [0, 0.05) is 43.7 Å². The van der Waals surface area contributed by atoms with Gasteiger partial charge in [-0.05, 0) is 31.5 Å². The minimum Gasteiger partial charge on any atom is -0.496 e. The summed E-state index contributed by atoms with van der Waals surface area (Å²) in [6.07, 6.45) is -0.900. The molecule has 0 aliphatic carbocycles. The fraction of sp³-hybridized carbons (Fsp3) is 0.333. The molecule has 1 unspecified atom stereocenters. The molecule has 0 radical (unpaired) electrons. The zero-order chi connectivity index (χ0) is 30.1. The predicted molar refractivity (Wildman–Crippen MR) is 153 cm³/mol. The average molecular weight is 576 g/mol. The fourth-order valence-electron chi connectivity index (χ4n) is 4.58. The summed E-state index contributed by atoms with van der Waals surface area (Å²) >= 11 is 0. The maximum absolute atomic E-state index is 13.6. The van der Waals surface area contributed by atoms with Gasteiger partial charge in [-0.1, -0.05) is 42.5 Å². The molecule has 1 aromatic heterocycles. The van der Waals surface area contributed by atoms with E-state index in [4.69, 9.17) is 9.47 Å². The van der Waals surface area contributed by atoms with Crippen molar-refractivity contribution in [3.8, 4) is 28.4 Å². The first-order chi connectivity index (χ1) is 20.3. The minimum absolute atomic E-state index is 0.00464. The molecule has 1 aliphatic rings. The lowest BCUT2D eigenvalue weighted by Gasteiger charge is -2.35. The van der Waals surface area contributed by atoms with E-state index in [-0.39, 0.29) is 51.3 Å². The average Bonchev–Trinajstić information content (AvgIpc) is 3.02. The van der Waals surface area contributed by atoms with Gasteiger partial charge in [-0.15, -0.1) is 0 Å². The number of ether oxygens (including phenoxy) is 2. The number of rotatable bonds is 10. The Hall–Kier alpha value is -5.00. The number of benzene rings is 2. The maximum atomic E-state index is 13.6. The van der Waals surface area contributed by atoms with E-state index >= 15 is 0 Å². The normalized spacial score (nSPS) is 13.7. The van der Waals surface area contributed by atoms with Crippen LogP contribution in [0.1, 0.15) is 30.3 Å². The van der Waals surface area contributed by atoms with Crippen LogP contribution in [0.3, 0.4) is 0 Å². The number of amides is 3. The van der Waals surface area contributed by atoms with Crippen molar-refractivity contribution in [3.05, 3.63) is 66.4 Å². The van der Waals surface area contributed by atoms with Gasteiger partial charge in [0.15, 0.2) is 5.82 Å². The highest BCUT2D eigenvalue weighted by Crippen LogP contribution is 2.30. The number of carboxylic acid groups (broad SMARTS) is 1. The number of nitrogens with one attached hydrogen (secondary N) is 1. The van der Waals surface area contributed by atoms with Crippen molar-refractivity contribution >= 4 is 23.9 Å². The van der Waals surface area contributed by atoms with Crippen molar-refractivity contribution in [2.24, 2.45) is 0 Å². The second kappa shape index (κ2) is 14.1. The molecule has 1 aliphatic heterocycles. The number of nitrogens with zero attached hydrogens (tertiary/aromatic N) is 4. The van der Waals surface area contributed by atoms with Gasteiger partial charge in [-0.3, -0.25) is 14.4 Å². The van der Waals surface area contributed by atoms with E-state index < -0.39 is 29.9 Å². The van der Waals surface area contributed by atoms with Crippen LogP contribution in [0.2, 0.25) is 0 Å². The first-order valence-corrected chi connectivity index (χ1v) is 13.6. The number of piperazine rings is 1. The Morgan fingerprint density at radius 2 is 1.62 bits per heavy atom. The Kier molecular flexibility index (Phi) is 10.0. The molecule has 12 nitrogen and oxygen atoms in total. The van der Waals surface area contributed by atoms with E-state index in [1.165, 1.54) is 23.0 Å². The Bertz CT molecular complexity index is 1420. The Morgan fingerprint density at radius 3 is 2.29 bits per heavy atom. The number of aliphatic carboxylic acids is 1. The van der Waals surface area contributed by atoms with Gasteiger partial charge in [-0.2, -0.15) is 0 Å². The second-order valence-electron chi connectivity index (χ2n) is 9.50. The predicted octanol–water partition coefficient (Wildman–Crippen LogP) is 3.08. The molecule has 12 heteroatoms.